The van der Waals surface area contributed by atoms with Gasteiger partial charge < -0.3 is 20.1 Å². The minimum absolute atomic E-state index is 0.0630. The Balaban J connectivity index is 1.56. The summed E-state index contributed by atoms with van der Waals surface area (Å²) in [6, 6.07) is 6.58. The largest absolute Gasteiger partial charge is 0.494 e. The summed E-state index contributed by atoms with van der Waals surface area (Å²) in [6.07, 6.45) is 3.17. The van der Waals surface area contributed by atoms with Crippen LogP contribution in [0.3, 0.4) is 0 Å². The van der Waals surface area contributed by atoms with Crippen molar-refractivity contribution >= 4 is 23.1 Å². The number of rotatable bonds is 6. The molecule has 1 saturated carbocycles. The van der Waals surface area contributed by atoms with Crippen LogP contribution in [-0.2, 0) is 17.8 Å². The van der Waals surface area contributed by atoms with Crippen LogP contribution in [0.5, 0.6) is 11.6 Å². The SMILES string of the molecule is COc1c(Nc2cc(NC(=O)C3CC3)nc3c2C(F)(F)CO3)cccc1-c1ncn(C)n1. The van der Waals surface area contributed by atoms with Crippen LogP contribution in [0.1, 0.15) is 18.4 Å². The molecule has 9 nitrogen and oxygen atoms in total. The molecular formula is C21H20F2N6O3. The highest BCUT2D eigenvalue weighted by Crippen LogP contribution is 2.47. The van der Waals surface area contributed by atoms with Gasteiger partial charge in [-0.05, 0) is 25.0 Å². The number of pyridine rings is 1. The summed E-state index contributed by atoms with van der Waals surface area (Å²) < 4.78 is 41.5. The van der Waals surface area contributed by atoms with E-state index in [2.05, 4.69) is 25.7 Å². The van der Waals surface area contributed by atoms with Gasteiger partial charge in [0.25, 0.3) is 0 Å². The summed E-state index contributed by atoms with van der Waals surface area (Å²) in [5.41, 5.74) is 0.709. The van der Waals surface area contributed by atoms with Crippen molar-refractivity contribution < 1.29 is 23.0 Å². The zero-order chi connectivity index (χ0) is 22.5. The maximum Gasteiger partial charge on any atom is 0.313 e. The summed E-state index contributed by atoms with van der Waals surface area (Å²) in [5.74, 6) is -2.75. The molecule has 0 bridgehead atoms. The Morgan fingerprint density at radius 1 is 1.31 bits per heavy atom. The van der Waals surface area contributed by atoms with Crippen molar-refractivity contribution in [2.75, 3.05) is 24.4 Å². The molecule has 0 saturated heterocycles. The third-order valence-electron chi connectivity index (χ3n) is 5.27. The molecule has 11 heteroatoms. The fraction of sp³-hybridized carbons (Fsp3) is 0.333. The number of para-hydroxylation sites is 1. The van der Waals surface area contributed by atoms with Crippen molar-refractivity contribution in [3.8, 4) is 23.0 Å². The lowest BCUT2D eigenvalue weighted by molar-refractivity contribution is -0.117. The van der Waals surface area contributed by atoms with Gasteiger partial charge in [-0.3, -0.25) is 9.48 Å². The Labute approximate surface area is 181 Å². The predicted octanol–water partition coefficient (Wildman–Crippen LogP) is 3.46. The zero-order valence-corrected chi connectivity index (χ0v) is 17.4. The number of aryl methyl sites for hydroxylation is 1. The van der Waals surface area contributed by atoms with Gasteiger partial charge in [0.15, 0.2) is 18.2 Å². The standard InChI is InChI=1S/C21H20F2N6O3/c1-29-10-24-18(28-29)12-4-3-5-13(17(12)31-2)25-14-8-15(26-19(30)11-6-7-11)27-20-16(14)21(22,23)9-32-20/h3-5,8,10-11H,6-7,9H2,1-2H3,(H2,25,26,27,30). The third-order valence-corrected chi connectivity index (χ3v) is 5.27. The highest BCUT2D eigenvalue weighted by Gasteiger charge is 2.45. The van der Waals surface area contributed by atoms with E-state index in [1.165, 1.54) is 13.2 Å². The molecule has 5 rings (SSSR count). The maximum absolute atomic E-state index is 14.6. The first-order valence-corrected chi connectivity index (χ1v) is 10.0. The molecule has 1 fully saturated rings. The first-order valence-electron chi connectivity index (χ1n) is 10.0. The summed E-state index contributed by atoms with van der Waals surface area (Å²) in [6.45, 7) is -0.820. The smallest absolute Gasteiger partial charge is 0.313 e. The number of methoxy groups -OCH3 is 1. The Hall–Kier alpha value is -3.76. The van der Waals surface area contributed by atoms with Crippen molar-refractivity contribution in [1.82, 2.24) is 19.7 Å². The van der Waals surface area contributed by atoms with E-state index >= 15 is 0 Å². The second-order valence-corrected chi connectivity index (χ2v) is 7.75. The number of carbonyl (C=O) groups excluding carboxylic acids is 1. The lowest BCUT2D eigenvalue weighted by Gasteiger charge is -2.18. The number of fused-ring (bicyclic) bond motifs is 1. The van der Waals surface area contributed by atoms with Gasteiger partial charge >= 0.3 is 5.92 Å². The van der Waals surface area contributed by atoms with Crippen molar-refractivity contribution in [1.29, 1.82) is 0 Å². The van der Waals surface area contributed by atoms with Gasteiger partial charge in [0.2, 0.25) is 11.8 Å². The van der Waals surface area contributed by atoms with Gasteiger partial charge in [-0.15, -0.1) is 0 Å². The lowest BCUT2D eigenvalue weighted by Crippen LogP contribution is -2.17. The van der Waals surface area contributed by atoms with Gasteiger partial charge in [-0.2, -0.15) is 18.9 Å². The number of benzene rings is 1. The van der Waals surface area contributed by atoms with E-state index in [0.29, 0.717) is 22.8 Å². The molecule has 0 atom stereocenters. The van der Waals surface area contributed by atoms with Gasteiger partial charge in [-0.1, -0.05) is 6.07 Å². The van der Waals surface area contributed by atoms with Crippen molar-refractivity contribution in [2.45, 2.75) is 18.8 Å². The van der Waals surface area contributed by atoms with E-state index in [1.54, 1.807) is 36.3 Å². The molecule has 1 aliphatic heterocycles. The predicted molar refractivity (Wildman–Crippen MR) is 111 cm³/mol. The summed E-state index contributed by atoms with van der Waals surface area (Å²) >= 11 is 0. The van der Waals surface area contributed by atoms with E-state index in [0.717, 1.165) is 12.8 Å². The average molecular weight is 442 g/mol. The summed E-state index contributed by atoms with van der Waals surface area (Å²) in [7, 11) is 3.22. The lowest BCUT2D eigenvalue weighted by atomic mass is 10.1. The maximum atomic E-state index is 14.6. The first kappa shape index (κ1) is 20.2. The van der Waals surface area contributed by atoms with Crippen LogP contribution in [0.4, 0.5) is 26.0 Å². The molecule has 3 aromatic rings. The topological polar surface area (TPSA) is 103 Å². The molecule has 2 N–H and O–H groups in total. The van der Waals surface area contributed by atoms with E-state index in [9.17, 15) is 13.6 Å². The van der Waals surface area contributed by atoms with Crippen LogP contribution in [0.15, 0.2) is 30.6 Å². The average Bonchev–Trinajstić information content (AvgIpc) is 3.45. The van der Waals surface area contributed by atoms with Crippen molar-refractivity contribution in [2.24, 2.45) is 13.0 Å². The number of aromatic nitrogens is 4. The van der Waals surface area contributed by atoms with Crippen LogP contribution < -0.4 is 20.1 Å². The molecule has 1 aromatic carbocycles. The molecule has 166 valence electrons. The number of anilines is 3. The fourth-order valence-electron chi connectivity index (χ4n) is 3.59. The van der Waals surface area contributed by atoms with Crippen LogP contribution in [0.25, 0.3) is 11.4 Å². The summed E-state index contributed by atoms with van der Waals surface area (Å²) in [4.78, 5) is 20.5. The van der Waals surface area contributed by atoms with E-state index in [-0.39, 0.29) is 34.8 Å². The third kappa shape index (κ3) is 3.59. The molecule has 3 heterocycles. The number of amides is 1. The fourth-order valence-corrected chi connectivity index (χ4v) is 3.59. The second-order valence-electron chi connectivity index (χ2n) is 7.75. The molecule has 2 aliphatic rings. The minimum Gasteiger partial charge on any atom is -0.494 e. The summed E-state index contributed by atoms with van der Waals surface area (Å²) in [5, 5.41) is 9.99. The van der Waals surface area contributed by atoms with Gasteiger partial charge in [0, 0.05) is 19.0 Å². The van der Waals surface area contributed by atoms with Gasteiger partial charge in [-0.25, -0.2) is 4.98 Å². The Morgan fingerprint density at radius 3 is 2.81 bits per heavy atom. The minimum atomic E-state index is -3.24. The van der Waals surface area contributed by atoms with Crippen LogP contribution in [0.2, 0.25) is 0 Å². The van der Waals surface area contributed by atoms with E-state index in [1.807, 2.05) is 0 Å². The van der Waals surface area contributed by atoms with Crippen LogP contribution >= 0.6 is 0 Å². The number of nitrogens with one attached hydrogen (secondary N) is 2. The number of alkyl halides is 2. The second kappa shape index (κ2) is 7.43. The van der Waals surface area contributed by atoms with Gasteiger partial charge in [0.05, 0.1) is 24.0 Å². The Bertz CT molecular complexity index is 1210. The van der Waals surface area contributed by atoms with Crippen molar-refractivity contribution in [3.05, 3.63) is 36.2 Å². The normalized spacial score (nSPS) is 16.2. The monoisotopic (exact) mass is 442 g/mol. The molecule has 1 amide bonds. The Morgan fingerprint density at radius 2 is 2.12 bits per heavy atom. The number of hydrogen-bond acceptors (Lipinski definition) is 7. The van der Waals surface area contributed by atoms with Crippen molar-refractivity contribution in [3.63, 3.8) is 0 Å². The van der Waals surface area contributed by atoms with E-state index in [4.69, 9.17) is 9.47 Å². The van der Waals surface area contributed by atoms with E-state index < -0.39 is 12.5 Å². The van der Waals surface area contributed by atoms with Crippen LogP contribution in [-0.4, -0.2) is 39.4 Å². The Kier molecular flexibility index (Phi) is 4.68. The van der Waals surface area contributed by atoms with Gasteiger partial charge in [0.1, 0.15) is 17.7 Å². The van der Waals surface area contributed by atoms with Crippen LogP contribution in [0, 0.1) is 5.92 Å². The number of halogens is 2. The highest BCUT2D eigenvalue weighted by atomic mass is 19.3. The molecule has 1 aliphatic carbocycles. The first-order chi connectivity index (χ1) is 15.4. The number of ether oxygens (including phenoxy) is 2. The molecule has 0 spiro atoms. The quantitative estimate of drug-likeness (QED) is 0.603. The molecule has 32 heavy (non-hydrogen) atoms. The number of hydrogen-bond donors (Lipinski definition) is 2. The zero-order valence-electron chi connectivity index (χ0n) is 17.4. The molecule has 0 radical (unpaired) electrons. The molecule has 0 unspecified atom stereocenters. The molecular weight excluding hydrogens is 422 g/mol. The number of carbonyl (C=O) groups is 1. The highest BCUT2D eigenvalue weighted by molar-refractivity contribution is 5.94. The number of nitrogens with zero attached hydrogens (tertiary/aromatic N) is 4. The molecule has 2 aromatic heterocycles.